The van der Waals surface area contributed by atoms with Crippen LogP contribution in [0.4, 0.5) is 11.4 Å². The van der Waals surface area contributed by atoms with E-state index in [1.54, 1.807) is 6.08 Å². The number of hydrogen-bond donors (Lipinski definition) is 0. The molecular weight excluding hydrogens is 418 g/mol. The Balaban J connectivity index is 1.75. The summed E-state index contributed by atoms with van der Waals surface area (Å²) in [6.07, 6.45) is 3.76. The highest BCUT2D eigenvalue weighted by atomic mass is 16.6. The fourth-order valence-electron chi connectivity index (χ4n) is 3.46. The number of nitro benzene ring substituents is 1. The molecule has 0 saturated carbocycles. The molecule has 1 aliphatic heterocycles. The molecule has 0 saturated heterocycles. The summed E-state index contributed by atoms with van der Waals surface area (Å²) in [6.45, 7) is 2.70. The maximum Gasteiger partial charge on any atom is 0.281 e. The molecular formula is C26H23N3O4. The summed E-state index contributed by atoms with van der Waals surface area (Å²) in [7, 11) is 0. The average molecular weight is 441 g/mol. The van der Waals surface area contributed by atoms with E-state index < -0.39 is 4.92 Å². The number of anilines is 1. The zero-order valence-corrected chi connectivity index (χ0v) is 18.2. The smallest absolute Gasteiger partial charge is 0.281 e. The van der Waals surface area contributed by atoms with Crippen LogP contribution in [0.1, 0.15) is 30.9 Å². The van der Waals surface area contributed by atoms with Gasteiger partial charge in [-0.2, -0.15) is 10.1 Å². The number of nitrogens with zero attached hydrogens (tertiary/aromatic N) is 3. The molecule has 1 amide bonds. The van der Waals surface area contributed by atoms with E-state index in [1.165, 1.54) is 29.3 Å². The van der Waals surface area contributed by atoms with E-state index in [0.29, 0.717) is 29.3 Å². The number of ether oxygens (including phenoxy) is 1. The van der Waals surface area contributed by atoms with Gasteiger partial charge in [0.15, 0.2) is 0 Å². The molecule has 166 valence electrons. The lowest BCUT2D eigenvalue weighted by atomic mass is 10.00. The van der Waals surface area contributed by atoms with E-state index in [2.05, 4.69) is 12.0 Å². The molecule has 0 N–H and O–H groups in total. The number of amides is 1. The van der Waals surface area contributed by atoms with Crippen molar-refractivity contribution < 1.29 is 14.5 Å². The van der Waals surface area contributed by atoms with Gasteiger partial charge in [-0.3, -0.25) is 14.9 Å². The van der Waals surface area contributed by atoms with Crippen LogP contribution in [-0.2, 0) is 4.79 Å². The minimum Gasteiger partial charge on any atom is -0.493 e. The average Bonchev–Trinajstić information content (AvgIpc) is 3.17. The minimum absolute atomic E-state index is 0.0495. The van der Waals surface area contributed by atoms with Crippen molar-refractivity contribution in [3.8, 4) is 5.75 Å². The highest BCUT2D eigenvalue weighted by Gasteiger charge is 2.32. The van der Waals surface area contributed by atoms with Gasteiger partial charge in [0.1, 0.15) is 11.5 Å². The van der Waals surface area contributed by atoms with Gasteiger partial charge >= 0.3 is 0 Å². The molecule has 0 fully saturated rings. The molecule has 1 aliphatic rings. The highest BCUT2D eigenvalue weighted by Crippen LogP contribution is 2.30. The van der Waals surface area contributed by atoms with Crippen LogP contribution in [0.3, 0.4) is 0 Å². The number of para-hydroxylation sites is 1. The van der Waals surface area contributed by atoms with Crippen LogP contribution < -0.4 is 9.75 Å². The van der Waals surface area contributed by atoms with Gasteiger partial charge < -0.3 is 4.74 Å². The molecule has 0 aliphatic carbocycles. The number of carbonyl (C=O) groups is 1. The lowest BCUT2D eigenvalue weighted by Crippen LogP contribution is -2.21. The van der Waals surface area contributed by atoms with Crippen LogP contribution in [0.5, 0.6) is 5.75 Å². The third kappa shape index (κ3) is 4.82. The number of unbranched alkanes of at least 4 members (excludes halogenated alkanes) is 1. The van der Waals surface area contributed by atoms with E-state index in [9.17, 15) is 14.9 Å². The van der Waals surface area contributed by atoms with E-state index in [0.717, 1.165) is 24.0 Å². The molecule has 1 heterocycles. The van der Waals surface area contributed by atoms with Gasteiger partial charge in [0.2, 0.25) is 0 Å². The Labute approximate surface area is 191 Å². The second kappa shape index (κ2) is 9.91. The Kier molecular flexibility index (Phi) is 6.59. The van der Waals surface area contributed by atoms with Crippen LogP contribution in [-0.4, -0.2) is 23.1 Å². The first-order valence-electron chi connectivity index (χ1n) is 10.8. The fourth-order valence-corrected chi connectivity index (χ4v) is 3.46. The lowest BCUT2D eigenvalue weighted by Gasteiger charge is -2.12. The maximum atomic E-state index is 13.5. The maximum absolute atomic E-state index is 13.5. The molecule has 3 aromatic rings. The summed E-state index contributed by atoms with van der Waals surface area (Å²) in [6, 6.07) is 22.8. The van der Waals surface area contributed by atoms with Crippen LogP contribution >= 0.6 is 0 Å². The number of hydrogen-bond acceptors (Lipinski definition) is 5. The number of benzene rings is 3. The van der Waals surface area contributed by atoms with Crippen molar-refractivity contribution in [3.05, 3.63) is 106 Å². The van der Waals surface area contributed by atoms with Crippen molar-refractivity contribution in [2.75, 3.05) is 11.6 Å². The van der Waals surface area contributed by atoms with Crippen molar-refractivity contribution in [1.82, 2.24) is 0 Å². The van der Waals surface area contributed by atoms with Gasteiger partial charge in [0.05, 0.1) is 22.8 Å². The summed E-state index contributed by atoms with van der Waals surface area (Å²) in [5.41, 5.74) is 2.94. The Morgan fingerprint density at radius 2 is 1.70 bits per heavy atom. The summed E-state index contributed by atoms with van der Waals surface area (Å²) >= 11 is 0. The van der Waals surface area contributed by atoms with E-state index in [1.807, 2.05) is 54.6 Å². The lowest BCUT2D eigenvalue weighted by molar-refractivity contribution is -0.384. The summed E-state index contributed by atoms with van der Waals surface area (Å²) in [5.74, 6) is 0.388. The summed E-state index contributed by atoms with van der Waals surface area (Å²) in [5, 5.41) is 16.9. The normalized spacial score (nSPS) is 14.5. The standard InChI is InChI=1S/C26H23N3O4/c1-2-3-17-33-24-12-8-7-11-20(24)18-23-25(19-9-5-4-6-10-19)27-28(26(23)30)21-13-15-22(16-14-21)29(31)32/h4-16,18H,2-3,17H2,1H3/b23-18+. The molecule has 0 aromatic heterocycles. The van der Waals surface area contributed by atoms with E-state index in [-0.39, 0.29) is 11.6 Å². The monoisotopic (exact) mass is 441 g/mol. The molecule has 0 unspecified atom stereocenters. The fraction of sp³-hybridized carbons (Fsp3) is 0.154. The van der Waals surface area contributed by atoms with E-state index >= 15 is 0 Å². The molecule has 0 radical (unpaired) electrons. The number of non-ortho nitro benzene ring substituents is 1. The zero-order chi connectivity index (χ0) is 23.2. The van der Waals surface area contributed by atoms with Crippen molar-refractivity contribution in [2.24, 2.45) is 5.10 Å². The van der Waals surface area contributed by atoms with Gasteiger partial charge in [-0.15, -0.1) is 0 Å². The topological polar surface area (TPSA) is 85.0 Å². The molecule has 33 heavy (non-hydrogen) atoms. The number of nitro groups is 1. The van der Waals surface area contributed by atoms with Gasteiger partial charge in [0.25, 0.3) is 11.6 Å². The molecule has 0 spiro atoms. The van der Waals surface area contributed by atoms with E-state index in [4.69, 9.17) is 4.74 Å². The highest BCUT2D eigenvalue weighted by molar-refractivity contribution is 6.37. The number of hydrazone groups is 1. The van der Waals surface area contributed by atoms with Gasteiger partial charge in [-0.1, -0.05) is 61.9 Å². The van der Waals surface area contributed by atoms with Gasteiger partial charge in [-0.05, 0) is 30.7 Å². The number of carbonyl (C=O) groups excluding carboxylic acids is 1. The number of rotatable bonds is 8. The minimum atomic E-state index is -0.477. The molecule has 3 aromatic carbocycles. The SMILES string of the molecule is CCCCOc1ccccc1/C=C1/C(=O)N(c2ccc([N+](=O)[O-])cc2)N=C1c1ccccc1. The second-order valence-corrected chi connectivity index (χ2v) is 7.50. The van der Waals surface area contributed by atoms with Crippen molar-refractivity contribution in [1.29, 1.82) is 0 Å². The van der Waals surface area contributed by atoms with Crippen LogP contribution in [0.15, 0.2) is 89.5 Å². The third-order valence-corrected chi connectivity index (χ3v) is 5.20. The first-order chi connectivity index (χ1) is 16.1. The first kappa shape index (κ1) is 22.0. The summed E-state index contributed by atoms with van der Waals surface area (Å²) < 4.78 is 5.94. The Morgan fingerprint density at radius 1 is 1.00 bits per heavy atom. The predicted molar refractivity (Wildman–Crippen MR) is 128 cm³/mol. The molecule has 7 heteroatoms. The largest absolute Gasteiger partial charge is 0.493 e. The third-order valence-electron chi connectivity index (χ3n) is 5.20. The first-order valence-corrected chi connectivity index (χ1v) is 10.8. The molecule has 0 atom stereocenters. The van der Waals surface area contributed by atoms with Crippen LogP contribution in [0.2, 0.25) is 0 Å². The molecule has 0 bridgehead atoms. The van der Waals surface area contributed by atoms with Gasteiger partial charge in [0, 0.05) is 23.3 Å². The zero-order valence-electron chi connectivity index (χ0n) is 18.2. The van der Waals surface area contributed by atoms with Crippen molar-refractivity contribution in [2.45, 2.75) is 19.8 Å². The quantitative estimate of drug-likeness (QED) is 0.197. The van der Waals surface area contributed by atoms with Crippen molar-refractivity contribution in [3.63, 3.8) is 0 Å². The summed E-state index contributed by atoms with van der Waals surface area (Å²) in [4.78, 5) is 24.0. The Hall–Kier alpha value is -4.26. The van der Waals surface area contributed by atoms with Gasteiger partial charge in [-0.25, -0.2) is 0 Å². The Bertz CT molecular complexity index is 1220. The van der Waals surface area contributed by atoms with Crippen LogP contribution in [0, 0.1) is 10.1 Å². The Morgan fingerprint density at radius 3 is 2.39 bits per heavy atom. The van der Waals surface area contributed by atoms with Crippen molar-refractivity contribution >= 4 is 29.1 Å². The van der Waals surface area contributed by atoms with Crippen LogP contribution in [0.25, 0.3) is 6.08 Å². The molecule has 7 nitrogen and oxygen atoms in total. The molecule has 4 rings (SSSR count). The predicted octanol–water partition coefficient (Wildman–Crippen LogP) is 5.61. The second-order valence-electron chi connectivity index (χ2n) is 7.50.